The molecular formula is C48H89O11P. The van der Waals surface area contributed by atoms with Gasteiger partial charge in [-0.3, -0.25) is 23.4 Å². The maximum Gasteiger partial charge on any atom is 0.472 e. The number of rotatable bonds is 45. The third kappa shape index (κ3) is 41.3. The monoisotopic (exact) mass is 873 g/mol. The van der Waals surface area contributed by atoms with Gasteiger partial charge in [0.1, 0.15) is 12.7 Å². The number of ether oxygens (including phenoxy) is 3. The molecule has 0 aromatic rings. The lowest BCUT2D eigenvalue weighted by Crippen LogP contribution is -2.30. The maximum absolute atomic E-state index is 12.8. The minimum Gasteiger partial charge on any atom is -0.462 e. The van der Waals surface area contributed by atoms with Crippen LogP contribution < -0.4 is 0 Å². The Morgan fingerprint density at radius 1 is 0.450 bits per heavy atom. The van der Waals surface area contributed by atoms with Crippen LogP contribution in [0.2, 0.25) is 0 Å². The SMILES string of the molecule is CCCC/C=C\CCCCCCCC(=O)OC(CO)COP(=O)(O)OCC(COC(=O)CCCCCCCCCCC)OC(=O)CCCCCCC/C=C\CCCCCC. The van der Waals surface area contributed by atoms with Crippen LogP contribution in [0.5, 0.6) is 0 Å². The van der Waals surface area contributed by atoms with Gasteiger partial charge in [0, 0.05) is 19.3 Å². The average Bonchev–Trinajstić information content (AvgIpc) is 3.23. The molecule has 0 saturated heterocycles. The topological polar surface area (TPSA) is 155 Å². The summed E-state index contributed by atoms with van der Waals surface area (Å²) in [4.78, 5) is 48.0. The second-order valence-corrected chi connectivity index (χ2v) is 17.7. The minimum absolute atomic E-state index is 0.161. The molecule has 11 nitrogen and oxygen atoms in total. The van der Waals surface area contributed by atoms with Crippen molar-refractivity contribution in [1.82, 2.24) is 0 Å². The predicted octanol–water partition coefficient (Wildman–Crippen LogP) is 13.1. The summed E-state index contributed by atoms with van der Waals surface area (Å²) in [5.74, 6) is -1.48. The normalized spacial score (nSPS) is 13.8. The van der Waals surface area contributed by atoms with Gasteiger partial charge in [0.15, 0.2) is 6.10 Å². The summed E-state index contributed by atoms with van der Waals surface area (Å²) in [6, 6.07) is 0. The number of carbonyl (C=O) groups is 3. The van der Waals surface area contributed by atoms with Crippen LogP contribution in [-0.4, -0.2) is 66.5 Å². The zero-order valence-electron chi connectivity index (χ0n) is 38.4. The van der Waals surface area contributed by atoms with E-state index in [1.165, 1.54) is 70.6 Å². The van der Waals surface area contributed by atoms with Gasteiger partial charge in [0.2, 0.25) is 0 Å². The van der Waals surface area contributed by atoms with Crippen molar-refractivity contribution in [3.05, 3.63) is 24.3 Å². The standard InChI is InChI=1S/C48H89O11P/c1-4-7-10-13-16-19-21-22-24-27-30-33-36-39-48(52)59-45(41-55-46(50)37-34-31-28-25-18-15-12-9-6-3)43-57-60(53,54)56-42-44(40-49)58-47(51)38-35-32-29-26-23-20-17-14-11-8-5-2/h14,17,19,21,44-45,49H,4-13,15-16,18,20,22-43H2,1-3H3,(H,53,54)/b17-14-,21-19-. The van der Waals surface area contributed by atoms with Gasteiger partial charge in [0.25, 0.3) is 0 Å². The van der Waals surface area contributed by atoms with E-state index in [-0.39, 0.29) is 25.9 Å². The van der Waals surface area contributed by atoms with E-state index in [0.29, 0.717) is 19.3 Å². The van der Waals surface area contributed by atoms with Gasteiger partial charge in [-0.15, -0.1) is 0 Å². The lowest BCUT2D eigenvalue weighted by Gasteiger charge is -2.21. The molecule has 0 radical (unpaired) electrons. The highest BCUT2D eigenvalue weighted by Crippen LogP contribution is 2.43. The summed E-state index contributed by atoms with van der Waals surface area (Å²) in [5, 5.41) is 9.72. The molecule has 0 aliphatic rings. The lowest BCUT2D eigenvalue weighted by molar-refractivity contribution is -0.161. The molecule has 2 N–H and O–H groups in total. The molecule has 60 heavy (non-hydrogen) atoms. The van der Waals surface area contributed by atoms with Gasteiger partial charge < -0.3 is 24.2 Å². The van der Waals surface area contributed by atoms with Gasteiger partial charge in [-0.1, -0.05) is 167 Å². The third-order valence-corrected chi connectivity index (χ3v) is 11.3. The average molecular weight is 873 g/mol. The van der Waals surface area contributed by atoms with Gasteiger partial charge in [-0.05, 0) is 64.2 Å². The van der Waals surface area contributed by atoms with Crippen molar-refractivity contribution < 1.29 is 52.2 Å². The van der Waals surface area contributed by atoms with Gasteiger partial charge in [-0.25, -0.2) is 4.57 Å². The molecule has 0 bridgehead atoms. The zero-order chi connectivity index (χ0) is 44.2. The number of phosphoric acid groups is 1. The Hall–Kier alpha value is -2.04. The van der Waals surface area contributed by atoms with E-state index < -0.39 is 57.8 Å². The summed E-state index contributed by atoms with van der Waals surface area (Å²) in [6.45, 7) is 4.53. The molecule has 0 aromatic carbocycles. The number of aliphatic hydroxyl groups excluding tert-OH is 1. The fourth-order valence-corrected chi connectivity index (χ4v) is 7.35. The summed E-state index contributed by atoms with van der Waals surface area (Å²) in [5.41, 5.74) is 0. The Morgan fingerprint density at radius 3 is 1.22 bits per heavy atom. The molecule has 0 fully saturated rings. The molecule has 0 spiro atoms. The van der Waals surface area contributed by atoms with E-state index in [2.05, 4.69) is 45.1 Å². The van der Waals surface area contributed by atoms with E-state index in [1.807, 2.05) is 0 Å². The van der Waals surface area contributed by atoms with Crippen molar-refractivity contribution in [1.29, 1.82) is 0 Å². The zero-order valence-corrected chi connectivity index (χ0v) is 39.3. The molecule has 0 aromatic heterocycles. The smallest absolute Gasteiger partial charge is 0.462 e. The molecule has 0 aliphatic heterocycles. The third-order valence-electron chi connectivity index (χ3n) is 10.3. The molecule has 0 aliphatic carbocycles. The minimum atomic E-state index is -4.73. The first-order valence-corrected chi connectivity index (χ1v) is 25.7. The molecule has 0 amide bonds. The number of carbonyl (C=O) groups excluding carboxylic acids is 3. The Morgan fingerprint density at radius 2 is 0.783 bits per heavy atom. The van der Waals surface area contributed by atoms with Crippen LogP contribution in [0.15, 0.2) is 24.3 Å². The second-order valence-electron chi connectivity index (χ2n) is 16.3. The highest BCUT2D eigenvalue weighted by Gasteiger charge is 2.28. The van der Waals surface area contributed by atoms with Crippen LogP contribution in [0.25, 0.3) is 0 Å². The first-order chi connectivity index (χ1) is 29.2. The largest absolute Gasteiger partial charge is 0.472 e. The fourth-order valence-electron chi connectivity index (χ4n) is 6.57. The van der Waals surface area contributed by atoms with Crippen molar-refractivity contribution in [2.24, 2.45) is 0 Å². The highest BCUT2D eigenvalue weighted by molar-refractivity contribution is 7.47. The number of esters is 3. The number of aliphatic hydroxyl groups is 1. The van der Waals surface area contributed by atoms with E-state index >= 15 is 0 Å². The molecule has 12 heteroatoms. The van der Waals surface area contributed by atoms with Gasteiger partial charge >= 0.3 is 25.7 Å². The number of unbranched alkanes of at least 4 members (excludes halogenated alkanes) is 24. The van der Waals surface area contributed by atoms with Crippen molar-refractivity contribution in [2.75, 3.05) is 26.4 Å². The van der Waals surface area contributed by atoms with Crippen LogP contribution in [0.4, 0.5) is 0 Å². The molecule has 352 valence electrons. The van der Waals surface area contributed by atoms with Crippen LogP contribution >= 0.6 is 7.82 Å². The number of hydrogen-bond acceptors (Lipinski definition) is 10. The summed E-state index contributed by atoms with van der Waals surface area (Å²) < 4.78 is 39.2. The fraction of sp³-hybridized carbons (Fsp3) is 0.854. The molecule has 3 atom stereocenters. The van der Waals surface area contributed by atoms with Gasteiger partial charge in [0.05, 0.1) is 19.8 Å². The molecule has 0 heterocycles. The van der Waals surface area contributed by atoms with E-state index in [0.717, 1.165) is 96.3 Å². The summed E-state index contributed by atoms with van der Waals surface area (Å²) in [7, 11) is -4.73. The molecule has 0 rings (SSSR count). The Bertz CT molecular complexity index is 1110. The lowest BCUT2D eigenvalue weighted by atomic mass is 10.1. The van der Waals surface area contributed by atoms with E-state index in [1.54, 1.807) is 0 Å². The Kier molecular flexibility index (Phi) is 42.1. The van der Waals surface area contributed by atoms with E-state index in [9.17, 15) is 28.9 Å². The first-order valence-electron chi connectivity index (χ1n) is 24.2. The summed E-state index contributed by atoms with van der Waals surface area (Å²) in [6.07, 6.45) is 38.7. The van der Waals surface area contributed by atoms with Crippen LogP contribution in [0, 0.1) is 0 Å². The van der Waals surface area contributed by atoms with Crippen molar-refractivity contribution in [3.8, 4) is 0 Å². The second kappa shape index (κ2) is 43.6. The number of allylic oxidation sites excluding steroid dienone is 4. The van der Waals surface area contributed by atoms with Crippen molar-refractivity contribution in [2.45, 2.75) is 238 Å². The van der Waals surface area contributed by atoms with Crippen molar-refractivity contribution >= 4 is 25.7 Å². The summed E-state index contributed by atoms with van der Waals surface area (Å²) >= 11 is 0. The van der Waals surface area contributed by atoms with Crippen LogP contribution in [-0.2, 0) is 42.2 Å². The molecule has 3 unspecified atom stereocenters. The number of hydrogen-bond donors (Lipinski definition) is 2. The Balaban J connectivity index is 4.73. The highest BCUT2D eigenvalue weighted by atomic mass is 31.2. The van der Waals surface area contributed by atoms with Crippen molar-refractivity contribution in [3.63, 3.8) is 0 Å². The Labute approximate surface area is 366 Å². The van der Waals surface area contributed by atoms with Crippen LogP contribution in [0.1, 0.15) is 226 Å². The van der Waals surface area contributed by atoms with E-state index in [4.69, 9.17) is 23.3 Å². The van der Waals surface area contributed by atoms with Crippen LogP contribution in [0.3, 0.4) is 0 Å². The molecule has 0 saturated carbocycles. The number of phosphoric ester groups is 1. The predicted molar refractivity (Wildman–Crippen MR) is 243 cm³/mol. The quantitative estimate of drug-likeness (QED) is 0.0197. The maximum atomic E-state index is 12.8. The van der Waals surface area contributed by atoms with Gasteiger partial charge in [-0.2, -0.15) is 0 Å². The first kappa shape index (κ1) is 58.0. The molecular weight excluding hydrogens is 783 g/mol.